The van der Waals surface area contributed by atoms with Crippen LogP contribution in [0.2, 0.25) is 0 Å². The number of hydrogen-bond acceptors (Lipinski definition) is 4. The summed E-state index contributed by atoms with van der Waals surface area (Å²) in [6, 6.07) is 16.2. The molecule has 1 fully saturated rings. The molecule has 0 unspecified atom stereocenters. The van der Waals surface area contributed by atoms with Crippen molar-refractivity contribution in [3.05, 3.63) is 65.7 Å². The number of nitrogens with zero attached hydrogens (tertiary/aromatic N) is 1. The summed E-state index contributed by atoms with van der Waals surface area (Å²) in [5, 5.41) is 2.78. The fourth-order valence-corrected chi connectivity index (χ4v) is 2.99. The quantitative estimate of drug-likeness (QED) is 0.839. The lowest BCUT2D eigenvalue weighted by atomic mass is 10.1. The molecule has 2 aromatic rings. The molecule has 1 aliphatic rings. The molecule has 1 saturated heterocycles. The van der Waals surface area contributed by atoms with Crippen molar-refractivity contribution in [1.29, 1.82) is 0 Å². The van der Waals surface area contributed by atoms with Crippen LogP contribution >= 0.6 is 0 Å². The number of carbonyl (C=O) groups excluding carboxylic acids is 3. The molecule has 3 rings (SSSR count). The first kappa shape index (κ1) is 17.7. The normalized spacial score (nSPS) is 16.4. The maximum absolute atomic E-state index is 12.5. The molecule has 6 nitrogen and oxygen atoms in total. The Balaban J connectivity index is 1.62. The first-order valence-corrected chi connectivity index (χ1v) is 8.38. The van der Waals surface area contributed by atoms with Crippen LogP contribution in [0, 0.1) is 5.92 Å². The highest BCUT2D eigenvalue weighted by molar-refractivity contribution is 5.98. The van der Waals surface area contributed by atoms with E-state index in [1.54, 1.807) is 29.2 Å². The van der Waals surface area contributed by atoms with Crippen molar-refractivity contribution in [2.45, 2.75) is 13.0 Å². The number of rotatable bonds is 5. The minimum atomic E-state index is -0.467. The molecule has 1 aliphatic heterocycles. The number of nitrogens with one attached hydrogen (secondary N) is 1. The van der Waals surface area contributed by atoms with Crippen LogP contribution in [-0.2, 0) is 20.9 Å². The second kappa shape index (κ2) is 7.82. The molecular formula is C20H20N2O4. The number of amides is 2. The highest BCUT2D eigenvalue weighted by Gasteiger charge is 2.34. The second-order valence-corrected chi connectivity index (χ2v) is 6.22. The molecule has 0 radical (unpaired) electrons. The van der Waals surface area contributed by atoms with Crippen LogP contribution in [0.4, 0.5) is 5.69 Å². The molecule has 1 atom stereocenters. The van der Waals surface area contributed by atoms with Gasteiger partial charge in [-0.15, -0.1) is 0 Å². The van der Waals surface area contributed by atoms with Gasteiger partial charge in [-0.25, -0.2) is 4.79 Å². The number of esters is 1. The number of hydrogen-bond donors (Lipinski definition) is 1. The van der Waals surface area contributed by atoms with Gasteiger partial charge in [-0.05, 0) is 23.8 Å². The average molecular weight is 352 g/mol. The summed E-state index contributed by atoms with van der Waals surface area (Å²) in [6.07, 6.45) is 0.190. The second-order valence-electron chi connectivity index (χ2n) is 6.22. The zero-order chi connectivity index (χ0) is 18.5. The summed E-state index contributed by atoms with van der Waals surface area (Å²) < 4.78 is 4.68. The van der Waals surface area contributed by atoms with Gasteiger partial charge in [0.2, 0.25) is 11.8 Å². The van der Waals surface area contributed by atoms with Gasteiger partial charge in [-0.2, -0.15) is 0 Å². The minimum absolute atomic E-state index is 0.0303. The SMILES string of the molecule is COC(=O)c1cccc(NC(=O)[C@@H]2CC(=O)N(Cc3ccccc3)C2)c1. The lowest BCUT2D eigenvalue weighted by molar-refractivity contribution is -0.128. The Kier molecular flexibility index (Phi) is 5.31. The van der Waals surface area contributed by atoms with Crippen molar-refractivity contribution in [2.75, 3.05) is 19.0 Å². The minimum Gasteiger partial charge on any atom is -0.465 e. The Bertz CT molecular complexity index is 820. The van der Waals surface area contributed by atoms with Gasteiger partial charge in [-0.1, -0.05) is 36.4 Å². The van der Waals surface area contributed by atoms with Gasteiger partial charge in [0, 0.05) is 25.2 Å². The third kappa shape index (κ3) is 4.08. The van der Waals surface area contributed by atoms with Crippen molar-refractivity contribution in [1.82, 2.24) is 4.90 Å². The smallest absolute Gasteiger partial charge is 0.337 e. The summed E-state index contributed by atoms with van der Waals surface area (Å²) >= 11 is 0. The van der Waals surface area contributed by atoms with Crippen molar-refractivity contribution in [3.8, 4) is 0 Å². The van der Waals surface area contributed by atoms with Crippen LogP contribution in [-0.4, -0.2) is 36.3 Å². The summed E-state index contributed by atoms with van der Waals surface area (Å²) in [6.45, 7) is 0.886. The third-order valence-electron chi connectivity index (χ3n) is 4.35. The van der Waals surface area contributed by atoms with Gasteiger partial charge in [0.15, 0.2) is 0 Å². The van der Waals surface area contributed by atoms with Gasteiger partial charge in [-0.3, -0.25) is 9.59 Å². The van der Waals surface area contributed by atoms with E-state index in [0.29, 0.717) is 24.3 Å². The number of anilines is 1. The predicted octanol–water partition coefficient (Wildman–Crippen LogP) is 2.46. The molecule has 2 amide bonds. The van der Waals surface area contributed by atoms with E-state index in [2.05, 4.69) is 10.1 Å². The van der Waals surface area contributed by atoms with Crippen LogP contribution in [0.15, 0.2) is 54.6 Å². The topological polar surface area (TPSA) is 75.7 Å². The van der Waals surface area contributed by atoms with E-state index < -0.39 is 11.9 Å². The molecule has 134 valence electrons. The molecule has 0 spiro atoms. The monoisotopic (exact) mass is 352 g/mol. The van der Waals surface area contributed by atoms with Crippen LogP contribution in [0.1, 0.15) is 22.3 Å². The van der Waals surface area contributed by atoms with Crippen molar-refractivity contribution >= 4 is 23.5 Å². The Morgan fingerprint density at radius 1 is 1.15 bits per heavy atom. The highest BCUT2D eigenvalue weighted by Crippen LogP contribution is 2.22. The van der Waals surface area contributed by atoms with E-state index in [9.17, 15) is 14.4 Å². The number of ether oxygens (including phenoxy) is 1. The van der Waals surface area contributed by atoms with Crippen LogP contribution < -0.4 is 5.32 Å². The van der Waals surface area contributed by atoms with Crippen LogP contribution in [0.3, 0.4) is 0 Å². The van der Waals surface area contributed by atoms with Crippen LogP contribution in [0.25, 0.3) is 0 Å². The maximum atomic E-state index is 12.5. The summed E-state index contributed by atoms with van der Waals surface area (Å²) in [5.74, 6) is -1.13. The summed E-state index contributed by atoms with van der Waals surface area (Å²) in [4.78, 5) is 38.0. The van der Waals surface area contributed by atoms with Crippen LogP contribution in [0.5, 0.6) is 0 Å². The van der Waals surface area contributed by atoms with Crippen molar-refractivity contribution in [3.63, 3.8) is 0 Å². The van der Waals surface area contributed by atoms with E-state index in [0.717, 1.165) is 5.56 Å². The Hall–Kier alpha value is -3.15. The molecule has 1 heterocycles. The molecule has 6 heteroatoms. The average Bonchev–Trinajstić information content (AvgIpc) is 3.03. The summed E-state index contributed by atoms with van der Waals surface area (Å²) in [7, 11) is 1.30. The van der Waals surface area contributed by atoms with Crippen molar-refractivity contribution in [2.24, 2.45) is 5.92 Å². The first-order chi connectivity index (χ1) is 12.6. The maximum Gasteiger partial charge on any atom is 0.337 e. The van der Waals surface area contributed by atoms with E-state index in [1.165, 1.54) is 7.11 Å². The van der Waals surface area contributed by atoms with Gasteiger partial charge in [0.1, 0.15) is 0 Å². The largest absolute Gasteiger partial charge is 0.465 e. The standard InChI is InChI=1S/C20H20N2O4/c1-26-20(25)15-8-5-9-17(10-15)21-19(24)16-11-18(23)22(13-16)12-14-6-3-2-4-7-14/h2-10,16H,11-13H2,1H3,(H,21,24)/t16-/m1/s1. The fourth-order valence-electron chi connectivity index (χ4n) is 2.99. The molecule has 0 bridgehead atoms. The van der Waals surface area contributed by atoms with Gasteiger partial charge < -0.3 is 15.0 Å². The van der Waals surface area contributed by atoms with Crippen molar-refractivity contribution < 1.29 is 19.1 Å². The van der Waals surface area contributed by atoms with E-state index in [-0.39, 0.29) is 18.2 Å². The zero-order valence-electron chi connectivity index (χ0n) is 14.5. The first-order valence-electron chi connectivity index (χ1n) is 8.38. The third-order valence-corrected chi connectivity index (χ3v) is 4.35. The molecular weight excluding hydrogens is 332 g/mol. The Labute approximate surface area is 151 Å². The van der Waals surface area contributed by atoms with Gasteiger partial charge in [0.05, 0.1) is 18.6 Å². The lowest BCUT2D eigenvalue weighted by Crippen LogP contribution is -2.28. The molecule has 0 aromatic heterocycles. The predicted molar refractivity (Wildman–Crippen MR) is 96.4 cm³/mol. The Morgan fingerprint density at radius 3 is 2.65 bits per heavy atom. The number of benzene rings is 2. The van der Waals surface area contributed by atoms with E-state index >= 15 is 0 Å². The number of carbonyl (C=O) groups is 3. The fraction of sp³-hybridized carbons (Fsp3) is 0.250. The molecule has 26 heavy (non-hydrogen) atoms. The molecule has 0 aliphatic carbocycles. The van der Waals surface area contributed by atoms with Gasteiger partial charge in [0.25, 0.3) is 0 Å². The Morgan fingerprint density at radius 2 is 1.92 bits per heavy atom. The summed E-state index contributed by atoms with van der Waals surface area (Å²) in [5.41, 5.74) is 1.90. The lowest BCUT2D eigenvalue weighted by Gasteiger charge is -2.16. The van der Waals surface area contributed by atoms with E-state index in [4.69, 9.17) is 0 Å². The molecule has 2 aromatic carbocycles. The number of methoxy groups -OCH3 is 1. The molecule has 0 saturated carbocycles. The molecule has 1 N–H and O–H groups in total. The zero-order valence-corrected chi connectivity index (χ0v) is 14.5. The van der Waals surface area contributed by atoms with E-state index in [1.807, 2.05) is 30.3 Å². The number of likely N-dealkylation sites (tertiary alicyclic amines) is 1. The van der Waals surface area contributed by atoms with Gasteiger partial charge >= 0.3 is 5.97 Å². The highest BCUT2D eigenvalue weighted by atomic mass is 16.5.